The molecule has 20 heavy (non-hydrogen) atoms. The van der Waals surface area contributed by atoms with Crippen LogP contribution in [0, 0.1) is 6.92 Å². The van der Waals surface area contributed by atoms with Gasteiger partial charge in [-0.1, -0.05) is 6.07 Å². The van der Waals surface area contributed by atoms with Crippen LogP contribution in [0.15, 0.2) is 34.9 Å². The zero-order chi connectivity index (χ0) is 14.1. The molecule has 0 spiro atoms. The lowest BCUT2D eigenvalue weighted by Crippen LogP contribution is -2.45. The Hall–Kier alpha value is -1.81. The third-order valence-corrected chi connectivity index (χ3v) is 3.61. The maximum atomic E-state index is 5.78. The lowest BCUT2D eigenvalue weighted by molar-refractivity contribution is -0.00545. The first-order valence-corrected chi connectivity index (χ1v) is 7.05. The highest BCUT2D eigenvalue weighted by atomic mass is 16.5. The van der Waals surface area contributed by atoms with E-state index in [4.69, 9.17) is 14.1 Å². The minimum absolute atomic E-state index is 0.236. The summed E-state index contributed by atoms with van der Waals surface area (Å²) in [6.07, 6.45) is 2.18. The van der Waals surface area contributed by atoms with Crippen molar-refractivity contribution in [2.75, 3.05) is 18.0 Å². The van der Waals surface area contributed by atoms with E-state index in [0.29, 0.717) is 0 Å². The van der Waals surface area contributed by atoms with E-state index in [0.717, 1.165) is 35.9 Å². The number of furan rings is 1. The molecule has 0 aliphatic carbocycles. The largest absolute Gasteiger partial charge is 0.469 e. The van der Waals surface area contributed by atoms with Crippen molar-refractivity contribution >= 4 is 5.82 Å². The van der Waals surface area contributed by atoms with Crippen LogP contribution >= 0.6 is 0 Å². The van der Waals surface area contributed by atoms with Crippen molar-refractivity contribution in [1.29, 1.82) is 0 Å². The van der Waals surface area contributed by atoms with Gasteiger partial charge in [-0.3, -0.25) is 0 Å². The SMILES string of the molecule is Cc1occc1-c1cccc(N2CC(C)OC(C)C2)n1. The first-order valence-electron chi connectivity index (χ1n) is 7.05. The quantitative estimate of drug-likeness (QED) is 0.841. The number of nitrogens with zero attached hydrogens (tertiary/aromatic N) is 2. The maximum Gasteiger partial charge on any atom is 0.129 e. The van der Waals surface area contributed by atoms with Crippen LogP contribution in [0.1, 0.15) is 19.6 Å². The van der Waals surface area contributed by atoms with Crippen LogP contribution < -0.4 is 4.90 Å². The summed E-state index contributed by atoms with van der Waals surface area (Å²) in [5, 5.41) is 0. The highest BCUT2D eigenvalue weighted by Crippen LogP contribution is 2.25. The molecule has 106 valence electrons. The molecule has 4 nitrogen and oxygen atoms in total. The minimum atomic E-state index is 0.236. The van der Waals surface area contributed by atoms with E-state index < -0.39 is 0 Å². The molecule has 3 heterocycles. The molecule has 0 radical (unpaired) electrons. The van der Waals surface area contributed by atoms with Crippen LogP contribution in [0.5, 0.6) is 0 Å². The van der Waals surface area contributed by atoms with E-state index in [1.54, 1.807) is 6.26 Å². The third kappa shape index (κ3) is 2.56. The van der Waals surface area contributed by atoms with Gasteiger partial charge in [-0.05, 0) is 39.0 Å². The first kappa shape index (κ1) is 13.2. The number of hydrogen-bond acceptors (Lipinski definition) is 4. The van der Waals surface area contributed by atoms with Crippen LogP contribution in [0.25, 0.3) is 11.3 Å². The summed E-state index contributed by atoms with van der Waals surface area (Å²) in [5.74, 6) is 1.91. The Morgan fingerprint density at radius 3 is 2.55 bits per heavy atom. The van der Waals surface area contributed by atoms with E-state index in [1.807, 2.05) is 19.1 Å². The predicted molar refractivity (Wildman–Crippen MR) is 78.9 cm³/mol. The molecule has 1 aliphatic rings. The van der Waals surface area contributed by atoms with Gasteiger partial charge in [0, 0.05) is 18.7 Å². The number of ether oxygens (including phenoxy) is 1. The van der Waals surface area contributed by atoms with Crippen LogP contribution in [-0.2, 0) is 4.74 Å². The van der Waals surface area contributed by atoms with Gasteiger partial charge >= 0.3 is 0 Å². The average molecular weight is 272 g/mol. The summed E-state index contributed by atoms with van der Waals surface area (Å²) in [6.45, 7) is 7.93. The topological polar surface area (TPSA) is 38.5 Å². The van der Waals surface area contributed by atoms with Gasteiger partial charge in [-0.15, -0.1) is 0 Å². The Bertz CT molecular complexity index is 584. The van der Waals surface area contributed by atoms with Crippen LogP contribution in [0.3, 0.4) is 0 Å². The van der Waals surface area contributed by atoms with Gasteiger partial charge in [0.2, 0.25) is 0 Å². The van der Waals surface area contributed by atoms with Crippen molar-refractivity contribution in [3.05, 3.63) is 36.3 Å². The molecule has 2 atom stereocenters. The zero-order valence-electron chi connectivity index (χ0n) is 12.2. The molecule has 0 bridgehead atoms. The number of pyridine rings is 1. The molecule has 1 saturated heterocycles. The standard InChI is InChI=1S/C16H20N2O2/c1-11-9-18(10-12(2)20-11)16-6-4-5-15(17-16)14-7-8-19-13(14)3/h4-8,11-12H,9-10H2,1-3H3. The number of rotatable bonds is 2. The Balaban J connectivity index is 1.90. The summed E-state index contributed by atoms with van der Waals surface area (Å²) >= 11 is 0. The monoisotopic (exact) mass is 272 g/mol. The second-order valence-electron chi connectivity index (χ2n) is 5.43. The molecular formula is C16H20N2O2. The Morgan fingerprint density at radius 1 is 1.15 bits per heavy atom. The number of hydrogen-bond donors (Lipinski definition) is 0. The van der Waals surface area contributed by atoms with Gasteiger partial charge in [0.1, 0.15) is 11.6 Å². The number of aryl methyl sites for hydroxylation is 1. The predicted octanol–water partition coefficient (Wildman–Crippen LogP) is 3.26. The van der Waals surface area contributed by atoms with E-state index >= 15 is 0 Å². The molecular weight excluding hydrogens is 252 g/mol. The molecule has 3 rings (SSSR count). The van der Waals surface area contributed by atoms with Crippen molar-refractivity contribution in [1.82, 2.24) is 4.98 Å². The molecule has 4 heteroatoms. The molecule has 0 amide bonds. The molecule has 1 aliphatic heterocycles. The van der Waals surface area contributed by atoms with Crippen molar-refractivity contribution in [2.24, 2.45) is 0 Å². The lowest BCUT2D eigenvalue weighted by atomic mass is 10.1. The summed E-state index contributed by atoms with van der Waals surface area (Å²) in [5.41, 5.74) is 2.02. The number of morpholine rings is 1. The van der Waals surface area contributed by atoms with Gasteiger partial charge in [-0.25, -0.2) is 4.98 Å². The maximum absolute atomic E-state index is 5.78. The molecule has 0 saturated carbocycles. The summed E-state index contributed by atoms with van der Waals surface area (Å²) in [4.78, 5) is 7.07. The van der Waals surface area contributed by atoms with Gasteiger partial charge in [-0.2, -0.15) is 0 Å². The van der Waals surface area contributed by atoms with Crippen LogP contribution in [0.4, 0.5) is 5.82 Å². The first-order chi connectivity index (χ1) is 9.63. The lowest BCUT2D eigenvalue weighted by Gasteiger charge is -2.36. The van der Waals surface area contributed by atoms with E-state index in [-0.39, 0.29) is 12.2 Å². The molecule has 1 fully saturated rings. The Labute approximate surface area is 119 Å². The Kier molecular flexibility index (Phi) is 3.49. The van der Waals surface area contributed by atoms with Crippen molar-refractivity contribution in [2.45, 2.75) is 33.0 Å². The highest BCUT2D eigenvalue weighted by molar-refractivity contribution is 5.63. The van der Waals surface area contributed by atoms with Crippen molar-refractivity contribution in [3.63, 3.8) is 0 Å². The molecule has 2 aromatic rings. The summed E-state index contributed by atoms with van der Waals surface area (Å²) < 4.78 is 11.1. The summed E-state index contributed by atoms with van der Waals surface area (Å²) in [6, 6.07) is 8.10. The molecule has 2 unspecified atom stereocenters. The highest BCUT2D eigenvalue weighted by Gasteiger charge is 2.23. The van der Waals surface area contributed by atoms with Gasteiger partial charge < -0.3 is 14.1 Å². The molecule has 0 aromatic carbocycles. The number of anilines is 1. The molecule has 0 N–H and O–H groups in total. The Morgan fingerprint density at radius 2 is 1.90 bits per heavy atom. The van der Waals surface area contributed by atoms with E-state index in [9.17, 15) is 0 Å². The zero-order valence-corrected chi connectivity index (χ0v) is 12.2. The summed E-state index contributed by atoms with van der Waals surface area (Å²) in [7, 11) is 0. The fourth-order valence-electron chi connectivity index (χ4n) is 2.77. The second kappa shape index (κ2) is 5.29. The normalized spacial score (nSPS) is 23.1. The van der Waals surface area contributed by atoms with Crippen molar-refractivity contribution in [3.8, 4) is 11.3 Å². The van der Waals surface area contributed by atoms with Crippen molar-refractivity contribution < 1.29 is 9.15 Å². The fourth-order valence-corrected chi connectivity index (χ4v) is 2.77. The second-order valence-corrected chi connectivity index (χ2v) is 5.43. The van der Waals surface area contributed by atoms with Gasteiger partial charge in [0.05, 0.1) is 24.2 Å². The minimum Gasteiger partial charge on any atom is -0.469 e. The average Bonchev–Trinajstić information content (AvgIpc) is 2.84. The third-order valence-electron chi connectivity index (χ3n) is 3.61. The molecule has 2 aromatic heterocycles. The van der Waals surface area contributed by atoms with E-state index in [1.165, 1.54) is 0 Å². The smallest absolute Gasteiger partial charge is 0.129 e. The van der Waals surface area contributed by atoms with Crippen LogP contribution in [-0.4, -0.2) is 30.3 Å². The van der Waals surface area contributed by atoms with E-state index in [2.05, 4.69) is 30.9 Å². The fraction of sp³-hybridized carbons (Fsp3) is 0.438. The number of aromatic nitrogens is 1. The van der Waals surface area contributed by atoms with Crippen LogP contribution in [0.2, 0.25) is 0 Å². The van der Waals surface area contributed by atoms with Gasteiger partial charge in [0.15, 0.2) is 0 Å². The van der Waals surface area contributed by atoms with Gasteiger partial charge in [0.25, 0.3) is 0 Å².